The van der Waals surface area contributed by atoms with Crippen molar-refractivity contribution in [3.05, 3.63) is 17.7 Å². The van der Waals surface area contributed by atoms with Crippen LogP contribution in [0, 0.1) is 0 Å². The molecule has 1 saturated heterocycles. The molecule has 0 aromatic heterocycles. The lowest BCUT2D eigenvalue weighted by Crippen LogP contribution is -2.32. The highest BCUT2D eigenvalue weighted by Crippen LogP contribution is 2.35. The Labute approximate surface area is 137 Å². The predicted molar refractivity (Wildman–Crippen MR) is 90.3 cm³/mol. The van der Waals surface area contributed by atoms with Gasteiger partial charge in [-0.1, -0.05) is 13.3 Å². The van der Waals surface area contributed by atoms with Crippen LogP contribution in [-0.4, -0.2) is 43.7 Å². The third-order valence-electron chi connectivity index (χ3n) is 4.53. The number of anilines is 1. The molecule has 1 fully saturated rings. The van der Waals surface area contributed by atoms with Gasteiger partial charge in [0, 0.05) is 24.7 Å². The van der Waals surface area contributed by atoms with Gasteiger partial charge in [0.25, 0.3) is 0 Å². The lowest BCUT2D eigenvalue weighted by Gasteiger charge is -2.26. The van der Waals surface area contributed by atoms with Crippen molar-refractivity contribution in [2.75, 3.05) is 38.2 Å². The fourth-order valence-electron chi connectivity index (χ4n) is 3.20. The molecule has 3 rings (SSSR count). The molecular weight excluding hydrogens is 292 g/mol. The average molecular weight is 318 g/mol. The molecular formula is C18H26N2O3. The molecule has 0 atom stereocenters. The van der Waals surface area contributed by atoms with E-state index in [0.29, 0.717) is 19.6 Å². The van der Waals surface area contributed by atoms with E-state index in [-0.39, 0.29) is 5.91 Å². The summed E-state index contributed by atoms with van der Waals surface area (Å²) in [4.78, 5) is 14.7. The first-order valence-electron chi connectivity index (χ1n) is 8.71. The van der Waals surface area contributed by atoms with Gasteiger partial charge in [0.05, 0.1) is 0 Å². The van der Waals surface area contributed by atoms with Crippen LogP contribution < -0.4 is 14.8 Å². The van der Waals surface area contributed by atoms with E-state index in [0.717, 1.165) is 48.8 Å². The quantitative estimate of drug-likeness (QED) is 0.907. The van der Waals surface area contributed by atoms with Gasteiger partial charge in [-0.15, -0.1) is 0 Å². The number of nitrogens with one attached hydrogen (secondary N) is 1. The normalized spacial score (nSPS) is 17.8. The van der Waals surface area contributed by atoms with Crippen LogP contribution >= 0.6 is 0 Å². The standard InChI is InChI=1S/C18H26N2O3/c1-2-14-12-16-17(23-11-10-22-16)13-15(14)19-18(21)6-9-20-7-4-3-5-8-20/h12-13H,2-11H2,1H3,(H,19,21). The van der Waals surface area contributed by atoms with Gasteiger partial charge in [-0.05, 0) is 44.0 Å². The number of amides is 1. The lowest BCUT2D eigenvalue weighted by molar-refractivity contribution is -0.116. The Balaban J connectivity index is 1.60. The van der Waals surface area contributed by atoms with Gasteiger partial charge in [-0.2, -0.15) is 0 Å². The minimum absolute atomic E-state index is 0.0713. The van der Waals surface area contributed by atoms with Gasteiger partial charge in [0.15, 0.2) is 11.5 Å². The highest BCUT2D eigenvalue weighted by atomic mass is 16.6. The highest BCUT2D eigenvalue weighted by molar-refractivity contribution is 5.92. The van der Waals surface area contributed by atoms with Crippen LogP contribution in [0.4, 0.5) is 5.69 Å². The largest absolute Gasteiger partial charge is 0.486 e. The third-order valence-corrected chi connectivity index (χ3v) is 4.53. The number of hydrogen-bond donors (Lipinski definition) is 1. The Bertz CT molecular complexity index is 553. The number of fused-ring (bicyclic) bond motifs is 1. The molecule has 0 bridgehead atoms. The second kappa shape index (κ2) is 7.68. The van der Waals surface area contributed by atoms with Crippen LogP contribution in [0.15, 0.2) is 12.1 Å². The number of piperidine rings is 1. The zero-order chi connectivity index (χ0) is 16.1. The predicted octanol–water partition coefficient (Wildman–Crippen LogP) is 2.83. The van der Waals surface area contributed by atoms with E-state index in [4.69, 9.17) is 9.47 Å². The number of ether oxygens (including phenoxy) is 2. The smallest absolute Gasteiger partial charge is 0.225 e. The molecule has 2 aliphatic rings. The maximum absolute atomic E-state index is 12.3. The van der Waals surface area contributed by atoms with Gasteiger partial charge in [0.2, 0.25) is 5.91 Å². The molecule has 126 valence electrons. The maximum Gasteiger partial charge on any atom is 0.225 e. The number of carbonyl (C=O) groups is 1. The summed E-state index contributed by atoms with van der Waals surface area (Å²) in [5.74, 6) is 1.57. The lowest BCUT2D eigenvalue weighted by atomic mass is 10.1. The number of likely N-dealkylation sites (tertiary alicyclic amines) is 1. The van der Waals surface area contributed by atoms with E-state index in [2.05, 4.69) is 17.1 Å². The number of benzene rings is 1. The summed E-state index contributed by atoms with van der Waals surface area (Å²) in [7, 11) is 0. The maximum atomic E-state index is 12.3. The molecule has 5 heteroatoms. The summed E-state index contributed by atoms with van der Waals surface area (Å²) in [5, 5.41) is 3.05. The molecule has 0 unspecified atom stereocenters. The van der Waals surface area contributed by atoms with E-state index in [1.807, 2.05) is 12.1 Å². The summed E-state index contributed by atoms with van der Waals surface area (Å²) >= 11 is 0. The molecule has 0 saturated carbocycles. The molecule has 0 spiro atoms. The summed E-state index contributed by atoms with van der Waals surface area (Å²) in [6.45, 7) is 6.31. The first-order valence-corrected chi connectivity index (χ1v) is 8.71. The first-order chi connectivity index (χ1) is 11.3. The van der Waals surface area contributed by atoms with E-state index in [1.165, 1.54) is 19.3 Å². The van der Waals surface area contributed by atoms with Crippen LogP contribution in [0.25, 0.3) is 0 Å². The van der Waals surface area contributed by atoms with Crippen molar-refractivity contribution in [3.63, 3.8) is 0 Å². The molecule has 1 amide bonds. The first kappa shape index (κ1) is 16.1. The number of aryl methyl sites for hydroxylation is 1. The Kier molecular flexibility index (Phi) is 5.39. The Morgan fingerprint density at radius 2 is 1.83 bits per heavy atom. The Hall–Kier alpha value is -1.75. The third kappa shape index (κ3) is 4.16. The molecule has 1 aromatic carbocycles. The highest BCUT2D eigenvalue weighted by Gasteiger charge is 2.17. The zero-order valence-electron chi connectivity index (χ0n) is 13.9. The minimum Gasteiger partial charge on any atom is -0.486 e. The van der Waals surface area contributed by atoms with E-state index in [9.17, 15) is 4.79 Å². The zero-order valence-corrected chi connectivity index (χ0v) is 13.9. The van der Waals surface area contributed by atoms with Gasteiger partial charge < -0.3 is 19.7 Å². The van der Waals surface area contributed by atoms with Crippen molar-refractivity contribution < 1.29 is 14.3 Å². The van der Waals surface area contributed by atoms with E-state index in [1.54, 1.807) is 0 Å². The van der Waals surface area contributed by atoms with Crippen molar-refractivity contribution in [1.29, 1.82) is 0 Å². The Morgan fingerprint density at radius 3 is 2.52 bits per heavy atom. The van der Waals surface area contributed by atoms with Crippen molar-refractivity contribution in [2.24, 2.45) is 0 Å². The van der Waals surface area contributed by atoms with E-state index >= 15 is 0 Å². The van der Waals surface area contributed by atoms with Crippen LogP contribution in [0.3, 0.4) is 0 Å². The fraction of sp³-hybridized carbons (Fsp3) is 0.611. The summed E-state index contributed by atoms with van der Waals surface area (Å²) in [5.41, 5.74) is 1.93. The fourth-order valence-corrected chi connectivity index (χ4v) is 3.20. The minimum atomic E-state index is 0.0713. The van der Waals surface area contributed by atoms with E-state index < -0.39 is 0 Å². The molecule has 0 aliphatic carbocycles. The van der Waals surface area contributed by atoms with Crippen LogP contribution in [-0.2, 0) is 11.2 Å². The van der Waals surface area contributed by atoms with Gasteiger partial charge in [-0.3, -0.25) is 4.79 Å². The molecule has 2 aliphatic heterocycles. The molecule has 5 nitrogen and oxygen atoms in total. The number of hydrogen-bond acceptors (Lipinski definition) is 4. The molecule has 2 heterocycles. The second-order valence-corrected chi connectivity index (χ2v) is 6.21. The topological polar surface area (TPSA) is 50.8 Å². The van der Waals surface area contributed by atoms with Crippen molar-refractivity contribution in [2.45, 2.75) is 39.0 Å². The van der Waals surface area contributed by atoms with Crippen molar-refractivity contribution >= 4 is 11.6 Å². The van der Waals surface area contributed by atoms with Crippen LogP contribution in [0.2, 0.25) is 0 Å². The monoisotopic (exact) mass is 318 g/mol. The van der Waals surface area contributed by atoms with Gasteiger partial charge in [0.1, 0.15) is 13.2 Å². The average Bonchev–Trinajstić information content (AvgIpc) is 2.60. The summed E-state index contributed by atoms with van der Waals surface area (Å²) < 4.78 is 11.2. The van der Waals surface area contributed by atoms with Gasteiger partial charge >= 0.3 is 0 Å². The number of rotatable bonds is 5. The second-order valence-electron chi connectivity index (χ2n) is 6.21. The molecule has 1 aromatic rings. The number of carbonyl (C=O) groups excluding carboxylic acids is 1. The van der Waals surface area contributed by atoms with Crippen molar-refractivity contribution in [1.82, 2.24) is 4.90 Å². The SMILES string of the molecule is CCc1cc2c(cc1NC(=O)CCN1CCCCC1)OCCO2. The van der Waals surface area contributed by atoms with Crippen molar-refractivity contribution in [3.8, 4) is 11.5 Å². The van der Waals surface area contributed by atoms with Gasteiger partial charge in [-0.25, -0.2) is 0 Å². The summed E-state index contributed by atoms with van der Waals surface area (Å²) in [6, 6.07) is 3.88. The molecule has 0 radical (unpaired) electrons. The molecule has 23 heavy (non-hydrogen) atoms. The Morgan fingerprint density at radius 1 is 1.13 bits per heavy atom. The number of nitrogens with zero attached hydrogens (tertiary/aromatic N) is 1. The molecule has 1 N–H and O–H groups in total. The van der Waals surface area contributed by atoms with Crippen LogP contribution in [0.1, 0.15) is 38.2 Å². The van der Waals surface area contributed by atoms with Crippen LogP contribution in [0.5, 0.6) is 11.5 Å². The summed E-state index contributed by atoms with van der Waals surface area (Å²) in [6.07, 6.45) is 5.21.